The second-order valence-electron chi connectivity index (χ2n) is 4.41. The molecule has 2 aromatic rings. The van der Waals surface area contributed by atoms with Crippen molar-refractivity contribution in [1.29, 1.82) is 0 Å². The Morgan fingerprint density at radius 2 is 1.84 bits per heavy atom. The summed E-state index contributed by atoms with van der Waals surface area (Å²) in [5, 5.41) is 12.8. The van der Waals surface area contributed by atoms with Crippen molar-refractivity contribution in [2.45, 2.75) is 13.8 Å². The second kappa shape index (κ2) is 5.33. The van der Waals surface area contributed by atoms with Gasteiger partial charge in [0, 0.05) is 16.3 Å². The number of benzene rings is 2. The summed E-state index contributed by atoms with van der Waals surface area (Å²) < 4.78 is 0. The standard InChI is InChI=1S/C15H14ClNO2/c1-9-7-11(16)3-5-13(9)15(19)17-14-6-4-12(18)8-10(14)2/h3-8,18H,1-2H3,(H,17,19). The predicted octanol–water partition coefficient (Wildman–Crippen LogP) is 3.91. The predicted molar refractivity (Wildman–Crippen MR) is 77.0 cm³/mol. The third kappa shape index (κ3) is 3.06. The summed E-state index contributed by atoms with van der Waals surface area (Å²) in [4.78, 5) is 12.2. The summed E-state index contributed by atoms with van der Waals surface area (Å²) >= 11 is 5.86. The lowest BCUT2D eigenvalue weighted by Gasteiger charge is -2.10. The van der Waals surface area contributed by atoms with Gasteiger partial charge >= 0.3 is 0 Å². The van der Waals surface area contributed by atoms with Crippen molar-refractivity contribution in [1.82, 2.24) is 0 Å². The molecule has 4 heteroatoms. The minimum Gasteiger partial charge on any atom is -0.508 e. The van der Waals surface area contributed by atoms with E-state index in [0.717, 1.165) is 11.1 Å². The van der Waals surface area contributed by atoms with Crippen LogP contribution in [0.1, 0.15) is 21.5 Å². The summed E-state index contributed by atoms with van der Waals surface area (Å²) in [6, 6.07) is 9.95. The molecule has 0 fully saturated rings. The maximum atomic E-state index is 12.2. The Morgan fingerprint density at radius 1 is 1.11 bits per heavy atom. The first-order chi connectivity index (χ1) is 8.97. The van der Waals surface area contributed by atoms with Gasteiger partial charge < -0.3 is 10.4 Å². The van der Waals surface area contributed by atoms with Crippen LogP contribution < -0.4 is 5.32 Å². The van der Waals surface area contributed by atoms with Crippen LogP contribution in [0, 0.1) is 13.8 Å². The number of carbonyl (C=O) groups excluding carboxylic acids is 1. The average molecular weight is 276 g/mol. The average Bonchev–Trinajstić information content (AvgIpc) is 2.32. The molecule has 0 aliphatic heterocycles. The van der Waals surface area contributed by atoms with Crippen molar-refractivity contribution in [3.63, 3.8) is 0 Å². The second-order valence-corrected chi connectivity index (χ2v) is 4.85. The van der Waals surface area contributed by atoms with Gasteiger partial charge in [-0.3, -0.25) is 4.79 Å². The quantitative estimate of drug-likeness (QED) is 0.816. The molecular weight excluding hydrogens is 262 g/mol. The molecule has 1 amide bonds. The molecule has 0 radical (unpaired) electrons. The molecule has 0 unspecified atom stereocenters. The molecule has 2 N–H and O–H groups in total. The van der Waals surface area contributed by atoms with Crippen LogP contribution in [-0.4, -0.2) is 11.0 Å². The number of amides is 1. The topological polar surface area (TPSA) is 49.3 Å². The molecule has 0 heterocycles. The number of rotatable bonds is 2. The Morgan fingerprint density at radius 3 is 2.47 bits per heavy atom. The number of phenolic OH excluding ortho intramolecular Hbond substituents is 1. The minimum absolute atomic E-state index is 0.179. The van der Waals surface area contributed by atoms with E-state index >= 15 is 0 Å². The van der Waals surface area contributed by atoms with Crippen LogP contribution in [0.2, 0.25) is 5.02 Å². The number of aryl methyl sites for hydroxylation is 2. The number of hydrogen-bond donors (Lipinski definition) is 2. The van der Waals surface area contributed by atoms with Crippen molar-refractivity contribution in [3.05, 3.63) is 58.1 Å². The van der Waals surface area contributed by atoms with Crippen LogP contribution in [-0.2, 0) is 0 Å². The summed E-state index contributed by atoms with van der Waals surface area (Å²) in [6.07, 6.45) is 0. The van der Waals surface area contributed by atoms with Gasteiger partial charge in [-0.25, -0.2) is 0 Å². The minimum atomic E-state index is -0.192. The van der Waals surface area contributed by atoms with Crippen LogP contribution in [0.5, 0.6) is 5.75 Å². The van der Waals surface area contributed by atoms with Crippen LogP contribution in [0.25, 0.3) is 0 Å². The van der Waals surface area contributed by atoms with Gasteiger partial charge in [0.2, 0.25) is 0 Å². The number of phenols is 1. The van der Waals surface area contributed by atoms with Gasteiger partial charge in [-0.1, -0.05) is 11.6 Å². The van der Waals surface area contributed by atoms with Gasteiger partial charge in [0.1, 0.15) is 5.75 Å². The van der Waals surface area contributed by atoms with E-state index in [2.05, 4.69) is 5.32 Å². The Kier molecular flexibility index (Phi) is 3.76. The molecule has 0 aliphatic carbocycles. The number of aromatic hydroxyl groups is 1. The normalized spacial score (nSPS) is 10.3. The van der Waals surface area contributed by atoms with Gasteiger partial charge in [0.05, 0.1) is 0 Å². The molecular formula is C15H14ClNO2. The fourth-order valence-electron chi connectivity index (χ4n) is 1.86. The lowest BCUT2D eigenvalue weighted by atomic mass is 10.1. The maximum absolute atomic E-state index is 12.2. The zero-order valence-corrected chi connectivity index (χ0v) is 11.5. The largest absolute Gasteiger partial charge is 0.508 e. The van der Waals surface area contributed by atoms with Gasteiger partial charge in [-0.2, -0.15) is 0 Å². The molecule has 0 aliphatic rings. The molecule has 0 spiro atoms. The molecule has 0 saturated carbocycles. The third-order valence-corrected chi connectivity index (χ3v) is 3.13. The van der Waals surface area contributed by atoms with Crippen LogP contribution in [0.3, 0.4) is 0 Å². The first-order valence-corrected chi connectivity index (χ1v) is 6.22. The molecule has 2 rings (SSSR count). The van der Waals surface area contributed by atoms with Gasteiger partial charge in [0.15, 0.2) is 0 Å². The number of nitrogens with one attached hydrogen (secondary N) is 1. The van der Waals surface area contributed by atoms with Gasteiger partial charge in [0.25, 0.3) is 5.91 Å². The molecule has 3 nitrogen and oxygen atoms in total. The SMILES string of the molecule is Cc1cc(O)ccc1NC(=O)c1ccc(Cl)cc1C. The first-order valence-electron chi connectivity index (χ1n) is 5.84. The highest BCUT2D eigenvalue weighted by Crippen LogP contribution is 2.22. The summed E-state index contributed by atoms with van der Waals surface area (Å²) in [7, 11) is 0. The Labute approximate surface area is 116 Å². The van der Waals surface area contributed by atoms with Gasteiger partial charge in [-0.15, -0.1) is 0 Å². The van der Waals surface area contributed by atoms with Crippen molar-refractivity contribution < 1.29 is 9.90 Å². The maximum Gasteiger partial charge on any atom is 0.255 e. The lowest BCUT2D eigenvalue weighted by molar-refractivity contribution is 0.102. The monoisotopic (exact) mass is 275 g/mol. The Balaban J connectivity index is 2.25. The van der Waals surface area contributed by atoms with E-state index in [1.165, 1.54) is 6.07 Å². The lowest BCUT2D eigenvalue weighted by Crippen LogP contribution is -2.14. The fraction of sp³-hybridized carbons (Fsp3) is 0.133. The summed E-state index contributed by atoms with van der Waals surface area (Å²) in [5.74, 6) is -0.0128. The van der Waals surface area contributed by atoms with E-state index in [1.807, 2.05) is 13.8 Å². The number of hydrogen-bond acceptors (Lipinski definition) is 2. The molecule has 0 aromatic heterocycles. The van der Waals surface area contributed by atoms with Crippen LogP contribution >= 0.6 is 11.6 Å². The summed E-state index contributed by atoms with van der Waals surface area (Å²) in [5.41, 5.74) is 2.88. The zero-order chi connectivity index (χ0) is 14.0. The van der Waals surface area contributed by atoms with E-state index in [4.69, 9.17) is 11.6 Å². The fourth-order valence-corrected chi connectivity index (χ4v) is 2.09. The van der Waals surface area contributed by atoms with Crippen molar-refractivity contribution in [2.24, 2.45) is 0 Å². The van der Waals surface area contributed by atoms with E-state index in [1.54, 1.807) is 30.3 Å². The highest BCUT2D eigenvalue weighted by molar-refractivity contribution is 6.30. The first kappa shape index (κ1) is 13.4. The van der Waals surface area contributed by atoms with Crippen LogP contribution in [0.4, 0.5) is 5.69 Å². The van der Waals surface area contributed by atoms with Crippen molar-refractivity contribution in [3.8, 4) is 5.75 Å². The zero-order valence-electron chi connectivity index (χ0n) is 10.7. The number of anilines is 1. The molecule has 98 valence electrons. The smallest absolute Gasteiger partial charge is 0.255 e. The molecule has 19 heavy (non-hydrogen) atoms. The summed E-state index contributed by atoms with van der Waals surface area (Å²) in [6.45, 7) is 3.66. The Hall–Kier alpha value is -2.00. The highest BCUT2D eigenvalue weighted by Gasteiger charge is 2.10. The number of carbonyl (C=O) groups is 1. The molecule has 0 atom stereocenters. The van der Waals surface area contributed by atoms with E-state index in [0.29, 0.717) is 16.3 Å². The Bertz CT molecular complexity index is 638. The van der Waals surface area contributed by atoms with Gasteiger partial charge in [-0.05, 0) is 61.4 Å². The van der Waals surface area contributed by atoms with E-state index in [9.17, 15) is 9.90 Å². The van der Waals surface area contributed by atoms with E-state index < -0.39 is 0 Å². The molecule has 2 aromatic carbocycles. The van der Waals surface area contributed by atoms with Crippen LogP contribution in [0.15, 0.2) is 36.4 Å². The van der Waals surface area contributed by atoms with Crippen molar-refractivity contribution >= 4 is 23.2 Å². The third-order valence-electron chi connectivity index (χ3n) is 2.89. The number of halogens is 1. The molecule has 0 saturated heterocycles. The molecule has 0 bridgehead atoms. The van der Waals surface area contributed by atoms with Crippen molar-refractivity contribution in [2.75, 3.05) is 5.32 Å². The van der Waals surface area contributed by atoms with E-state index in [-0.39, 0.29) is 11.7 Å². The highest BCUT2D eigenvalue weighted by atomic mass is 35.5.